The van der Waals surface area contributed by atoms with Gasteiger partial charge in [-0.3, -0.25) is 19.3 Å². The maximum atomic E-state index is 14.2. The number of primary amides is 1. The second-order valence-electron chi connectivity index (χ2n) is 8.49. The molecule has 0 saturated heterocycles. The number of aromatic nitrogens is 1. The molecule has 1 atom stereocenters. The number of carbonyl (C=O) groups excluding carboxylic acids is 3. The Balaban J connectivity index is 1.86. The Bertz CT molecular complexity index is 1450. The molecule has 4 aromatic rings. The molecule has 9 nitrogen and oxygen atoms in total. The number of nitrogens with zero attached hydrogens (tertiary/aromatic N) is 2. The first kappa shape index (κ1) is 26.4. The van der Waals surface area contributed by atoms with Crippen molar-refractivity contribution in [1.29, 1.82) is 0 Å². The molecule has 0 fully saturated rings. The zero-order valence-electron chi connectivity index (χ0n) is 20.6. The third-order valence-corrected chi connectivity index (χ3v) is 6.88. The maximum absolute atomic E-state index is 14.2. The van der Waals surface area contributed by atoms with Crippen LogP contribution in [0, 0.1) is 0 Å². The number of hydrogen-bond donors (Lipinski definition) is 4. The average molecular weight is 530 g/mol. The standard InChI is InChI=1S/C28H27N5O4S/c1-2-18-10-6-7-11-21(18)33(28(37)25-22(29)23(26(30)35)32-38-25)24(19-12-14-20(34)15-13-19)27(36)31-16-17-8-4-3-5-9-17/h3-15,24,34H,2,16,29H2,1H3,(H2,30,35)(H,31,36)/t24-/m1/s1. The Labute approximate surface area is 223 Å². The van der Waals surface area contributed by atoms with Gasteiger partial charge in [0, 0.05) is 12.2 Å². The molecule has 38 heavy (non-hydrogen) atoms. The molecular formula is C28H27N5O4S. The molecule has 6 N–H and O–H groups in total. The molecule has 0 aliphatic carbocycles. The Hall–Kier alpha value is -4.70. The number of para-hydroxylation sites is 1. The number of benzene rings is 3. The molecule has 3 aromatic carbocycles. The Morgan fingerprint density at radius 1 is 1.00 bits per heavy atom. The van der Waals surface area contributed by atoms with Gasteiger partial charge >= 0.3 is 0 Å². The van der Waals surface area contributed by atoms with Crippen LogP contribution in [0.25, 0.3) is 0 Å². The number of phenols is 1. The van der Waals surface area contributed by atoms with Gasteiger partial charge in [-0.2, -0.15) is 4.37 Å². The fourth-order valence-corrected chi connectivity index (χ4v) is 4.85. The quantitative estimate of drug-likeness (QED) is 0.259. The number of hydrogen-bond acceptors (Lipinski definition) is 7. The minimum atomic E-state index is -1.14. The van der Waals surface area contributed by atoms with Gasteiger partial charge in [0.15, 0.2) is 5.69 Å². The lowest BCUT2D eigenvalue weighted by Gasteiger charge is -2.32. The lowest BCUT2D eigenvalue weighted by atomic mass is 10.00. The number of carbonyl (C=O) groups is 3. The lowest BCUT2D eigenvalue weighted by Crippen LogP contribution is -2.44. The number of nitrogens with two attached hydrogens (primary N) is 2. The van der Waals surface area contributed by atoms with E-state index in [0.717, 1.165) is 22.7 Å². The average Bonchev–Trinajstić information content (AvgIpc) is 3.32. The minimum absolute atomic E-state index is 0.00987. The first-order valence-electron chi connectivity index (χ1n) is 11.9. The molecule has 0 unspecified atom stereocenters. The predicted octanol–water partition coefficient (Wildman–Crippen LogP) is 3.80. The van der Waals surface area contributed by atoms with Gasteiger partial charge in [-0.05, 0) is 52.8 Å². The number of anilines is 2. The number of aryl methyl sites for hydroxylation is 1. The van der Waals surface area contributed by atoms with Crippen LogP contribution in [0.2, 0.25) is 0 Å². The van der Waals surface area contributed by atoms with Crippen molar-refractivity contribution in [3.8, 4) is 5.75 Å². The SMILES string of the molecule is CCc1ccccc1N(C(=O)c1snc(C(N)=O)c1N)[C@@H](C(=O)NCc1ccccc1)c1ccc(O)cc1. The van der Waals surface area contributed by atoms with Crippen LogP contribution in [0.3, 0.4) is 0 Å². The number of amides is 3. The summed E-state index contributed by atoms with van der Waals surface area (Å²) in [6.45, 7) is 2.18. The van der Waals surface area contributed by atoms with E-state index in [4.69, 9.17) is 11.5 Å². The number of aromatic hydroxyl groups is 1. The molecule has 0 saturated carbocycles. The van der Waals surface area contributed by atoms with Crippen LogP contribution in [0.5, 0.6) is 5.75 Å². The summed E-state index contributed by atoms with van der Waals surface area (Å²) < 4.78 is 3.98. The zero-order chi connectivity index (χ0) is 27.2. The van der Waals surface area contributed by atoms with E-state index >= 15 is 0 Å². The summed E-state index contributed by atoms with van der Waals surface area (Å²) in [7, 11) is 0. The largest absolute Gasteiger partial charge is 0.508 e. The van der Waals surface area contributed by atoms with Crippen molar-refractivity contribution in [2.75, 3.05) is 10.6 Å². The van der Waals surface area contributed by atoms with E-state index in [9.17, 15) is 19.5 Å². The Morgan fingerprint density at radius 2 is 1.66 bits per heavy atom. The topological polar surface area (TPSA) is 152 Å². The summed E-state index contributed by atoms with van der Waals surface area (Å²) in [5.41, 5.74) is 13.8. The van der Waals surface area contributed by atoms with Crippen molar-refractivity contribution in [3.05, 3.63) is 106 Å². The van der Waals surface area contributed by atoms with Crippen LogP contribution in [0.1, 0.15) is 49.8 Å². The summed E-state index contributed by atoms with van der Waals surface area (Å²) in [5.74, 6) is -1.89. The van der Waals surface area contributed by atoms with Crippen LogP contribution in [0.4, 0.5) is 11.4 Å². The van der Waals surface area contributed by atoms with E-state index in [1.807, 2.05) is 49.4 Å². The molecular weight excluding hydrogens is 502 g/mol. The Morgan fingerprint density at radius 3 is 2.29 bits per heavy atom. The molecule has 0 radical (unpaired) electrons. The van der Waals surface area contributed by atoms with E-state index in [-0.39, 0.29) is 28.6 Å². The van der Waals surface area contributed by atoms with Crippen molar-refractivity contribution < 1.29 is 19.5 Å². The number of nitrogens with one attached hydrogen (secondary N) is 1. The van der Waals surface area contributed by atoms with Crippen molar-refractivity contribution in [3.63, 3.8) is 0 Å². The molecule has 1 aromatic heterocycles. The van der Waals surface area contributed by atoms with Crippen LogP contribution in [-0.2, 0) is 17.8 Å². The number of rotatable bonds is 9. The van der Waals surface area contributed by atoms with Crippen molar-refractivity contribution in [2.45, 2.75) is 25.9 Å². The van der Waals surface area contributed by atoms with Gasteiger partial charge in [-0.1, -0.05) is 67.6 Å². The van der Waals surface area contributed by atoms with Crippen LogP contribution >= 0.6 is 11.5 Å². The van der Waals surface area contributed by atoms with Gasteiger partial charge in [0.1, 0.15) is 16.7 Å². The highest BCUT2D eigenvalue weighted by Crippen LogP contribution is 2.35. The molecule has 4 rings (SSSR count). The molecule has 0 aliphatic rings. The van der Waals surface area contributed by atoms with Gasteiger partial charge in [-0.15, -0.1) is 0 Å². The fourth-order valence-electron chi connectivity index (χ4n) is 4.11. The lowest BCUT2D eigenvalue weighted by molar-refractivity contribution is -0.122. The highest BCUT2D eigenvalue weighted by Gasteiger charge is 2.36. The van der Waals surface area contributed by atoms with E-state index in [1.165, 1.54) is 17.0 Å². The summed E-state index contributed by atoms with van der Waals surface area (Å²) >= 11 is 0.747. The summed E-state index contributed by atoms with van der Waals surface area (Å²) in [4.78, 5) is 41.2. The van der Waals surface area contributed by atoms with E-state index in [2.05, 4.69) is 9.69 Å². The van der Waals surface area contributed by atoms with Gasteiger partial charge in [0.25, 0.3) is 11.8 Å². The normalized spacial score (nSPS) is 11.5. The summed E-state index contributed by atoms with van der Waals surface area (Å²) in [6.07, 6.45) is 0.582. The van der Waals surface area contributed by atoms with E-state index in [0.29, 0.717) is 17.7 Å². The summed E-state index contributed by atoms with van der Waals surface area (Å²) in [6, 6.07) is 21.6. The highest BCUT2D eigenvalue weighted by molar-refractivity contribution is 7.09. The van der Waals surface area contributed by atoms with Gasteiger partial charge in [0.2, 0.25) is 5.91 Å². The monoisotopic (exact) mass is 529 g/mol. The van der Waals surface area contributed by atoms with Crippen LogP contribution < -0.4 is 21.7 Å². The van der Waals surface area contributed by atoms with Crippen molar-refractivity contribution in [1.82, 2.24) is 9.69 Å². The van der Waals surface area contributed by atoms with Crippen molar-refractivity contribution in [2.24, 2.45) is 5.73 Å². The second-order valence-corrected chi connectivity index (χ2v) is 9.27. The maximum Gasteiger partial charge on any atom is 0.273 e. The first-order valence-corrected chi connectivity index (χ1v) is 12.7. The molecule has 10 heteroatoms. The summed E-state index contributed by atoms with van der Waals surface area (Å²) in [5, 5.41) is 12.8. The van der Waals surface area contributed by atoms with Crippen LogP contribution in [0.15, 0.2) is 78.9 Å². The van der Waals surface area contributed by atoms with Gasteiger partial charge < -0.3 is 21.9 Å². The molecule has 3 amide bonds. The number of nitrogen functional groups attached to an aromatic ring is 1. The van der Waals surface area contributed by atoms with Gasteiger partial charge in [-0.25, -0.2) is 0 Å². The zero-order valence-corrected chi connectivity index (χ0v) is 21.4. The number of phenolic OH excluding ortho intramolecular Hbond substituents is 1. The Kier molecular flexibility index (Phi) is 8.03. The molecule has 0 bridgehead atoms. The molecule has 1 heterocycles. The predicted molar refractivity (Wildman–Crippen MR) is 147 cm³/mol. The highest BCUT2D eigenvalue weighted by atomic mass is 32.1. The minimum Gasteiger partial charge on any atom is -0.508 e. The molecule has 194 valence electrons. The van der Waals surface area contributed by atoms with E-state index < -0.39 is 23.8 Å². The first-order chi connectivity index (χ1) is 18.3. The van der Waals surface area contributed by atoms with Gasteiger partial charge in [0.05, 0.1) is 5.69 Å². The molecule has 0 aliphatic heterocycles. The smallest absolute Gasteiger partial charge is 0.273 e. The third kappa shape index (κ3) is 5.50. The molecule has 0 spiro atoms. The van der Waals surface area contributed by atoms with Crippen LogP contribution in [-0.4, -0.2) is 27.2 Å². The van der Waals surface area contributed by atoms with Crippen molar-refractivity contribution >= 4 is 40.6 Å². The fraction of sp³-hybridized carbons (Fsp3) is 0.143. The third-order valence-electron chi connectivity index (χ3n) is 6.03. The second kappa shape index (κ2) is 11.6. The van der Waals surface area contributed by atoms with E-state index in [1.54, 1.807) is 24.3 Å².